The fraction of sp³-hybridized carbons (Fsp3) is 0.167. The van der Waals surface area contributed by atoms with Crippen molar-refractivity contribution in [2.24, 2.45) is 0 Å². The van der Waals surface area contributed by atoms with Gasteiger partial charge >= 0.3 is 0 Å². The Balaban J connectivity index is 1.69. The van der Waals surface area contributed by atoms with Crippen molar-refractivity contribution in [1.82, 2.24) is 15.2 Å². The van der Waals surface area contributed by atoms with Crippen LogP contribution in [0.25, 0.3) is 0 Å². The van der Waals surface area contributed by atoms with Crippen LogP contribution in [0.5, 0.6) is 5.75 Å². The minimum atomic E-state index is 0.0873. The van der Waals surface area contributed by atoms with Gasteiger partial charge in [0.25, 0.3) is 0 Å². The lowest BCUT2D eigenvalue weighted by Gasteiger charge is -2.14. The second-order valence-electron chi connectivity index (χ2n) is 5.30. The molecule has 0 aliphatic rings. The highest BCUT2D eigenvalue weighted by Gasteiger charge is 2.08. The molecular weight excluding hydrogens is 302 g/mol. The number of nitrogens with zero attached hydrogens (tertiary/aromatic N) is 3. The average molecular weight is 321 g/mol. The Kier molecular flexibility index (Phi) is 4.86. The molecule has 0 aliphatic heterocycles. The molecule has 3 rings (SSSR count). The van der Waals surface area contributed by atoms with Crippen LogP contribution < -0.4 is 15.4 Å². The maximum Gasteiger partial charge on any atom is 0.245 e. The predicted molar refractivity (Wildman–Crippen MR) is 94.6 cm³/mol. The van der Waals surface area contributed by atoms with Crippen molar-refractivity contribution in [2.75, 3.05) is 17.7 Å². The van der Waals surface area contributed by atoms with Gasteiger partial charge < -0.3 is 15.4 Å². The number of anilines is 3. The van der Waals surface area contributed by atoms with E-state index >= 15 is 0 Å². The van der Waals surface area contributed by atoms with Crippen LogP contribution in [-0.2, 0) is 0 Å². The average Bonchev–Trinajstić information content (AvgIpc) is 2.63. The van der Waals surface area contributed by atoms with Gasteiger partial charge in [-0.15, -0.1) is 5.10 Å². The van der Waals surface area contributed by atoms with E-state index in [4.69, 9.17) is 4.74 Å². The number of nitrogens with one attached hydrogen (secondary N) is 2. The third-order valence-electron chi connectivity index (χ3n) is 3.57. The van der Waals surface area contributed by atoms with Crippen LogP contribution in [0.2, 0.25) is 0 Å². The van der Waals surface area contributed by atoms with Gasteiger partial charge in [0.1, 0.15) is 5.75 Å². The summed E-state index contributed by atoms with van der Waals surface area (Å²) in [5.74, 6) is 1.91. The summed E-state index contributed by atoms with van der Waals surface area (Å²) in [7, 11) is 1.64. The quantitative estimate of drug-likeness (QED) is 0.719. The molecule has 0 bridgehead atoms. The molecule has 24 heavy (non-hydrogen) atoms. The maximum atomic E-state index is 5.15. The standard InChI is InChI=1S/C18H19N5O/c1-13(14-6-4-3-5-7-14)20-18-22-17(12-19-23-18)21-15-8-10-16(24-2)11-9-15/h3-13H,1-2H3,(H2,20,21,22,23). The van der Waals surface area contributed by atoms with Gasteiger partial charge in [-0.3, -0.25) is 0 Å². The van der Waals surface area contributed by atoms with E-state index in [9.17, 15) is 0 Å². The fourth-order valence-electron chi connectivity index (χ4n) is 2.27. The molecule has 6 nitrogen and oxygen atoms in total. The van der Waals surface area contributed by atoms with Gasteiger partial charge in [0.15, 0.2) is 5.82 Å². The van der Waals surface area contributed by atoms with Crippen molar-refractivity contribution in [3.8, 4) is 5.75 Å². The second-order valence-corrected chi connectivity index (χ2v) is 5.30. The van der Waals surface area contributed by atoms with Gasteiger partial charge in [-0.25, -0.2) is 0 Å². The molecule has 0 radical (unpaired) electrons. The Morgan fingerprint density at radius 2 is 1.75 bits per heavy atom. The molecule has 0 aliphatic carbocycles. The number of benzene rings is 2. The summed E-state index contributed by atoms with van der Waals surface area (Å²) >= 11 is 0. The van der Waals surface area contributed by atoms with Crippen molar-refractivity contribution >= 4 is 17.5 Å². The lowest BCUT2D eigenvalue weighted by atomic mass is 10.1. The number of methoxy groups -OCH3 is 1. The Labute approximate surface area is 140 Å². The Bertz CT molecular complexity index is 777. The van der Waals surface area contributed by atoms with Gasteiger partial charge in [0, 0.05) is 5.69 Å². The molecule has 122 valence electrons. The fourth-order valence-corrected chi connectivity index (χ4v) is 2.27. The summed E-state index contributed by atoms with van der Waals surface area (Å²) in [5.41, 5.74) is 2.06. The number of hydrogen-bond donors (Lipinski definition) is 2. The van der Waals surface area contributed by atoms with E-state index in [-0.39, 0.29) is 6.04 Å². The molecule has 0 saturated carbocycles. The van der Waals surface area contributed by atoms with Gasteiger partial charge in [-0.05, 0) is 36.8 Å². The summed E-state index contributed by atoms with van der Waals surface area (Å²) in [6.45, 7) is 2.06. The van der Waals surface area contributed by atoms with E-state index in [0.717, 1.165) is 17.0 Å². The molecule has 1 heterocycles. The van der Waals surface area contributed by atoms with Crippen molar-refractivity contribution in [3.05, 3.63) is 66.4 Å². The summed E-state index contributed by atoms with van der Waals surface area (Å²) in [4.78, 5) is 4.45. The highest BCUT2D eigenvalue weighted by molar-refractivity contribution is 5.57. The predicted octanol–water partition coefficient (Wildman–Crippen LogP) is 3.80. The maximum absolute atomic E-state index is 5.15. The largest absolute Gasteiger partial charge is 0.497 e. The van der Waals surface area contributed by atoms with Crippen LogP contribution >= 0.6 is 0 Å². The van der Waals surface area contributed by atoms with E-state index in [1.54, 1.807) is 13.3 Å². The molecule has 0 amide bonds. The Morgan fingerprint density at radius 1 is 1.00 bits per heavy atom. The normalized spacial score (nSPS) is 11.6. The topological polar surface area (TPSA) is 72.0 Å². The highest BCUT2D eigenvalue weighted by Crippen LogP contribution is 2.20. The first-order valence-electron chi connectivity index (χ1n) is 7.67. The van der Waals surface area contributed by atoms with E-state index in [1.807, 2.05) is 42.5 Å². The lowest BCUT2D eigenvalue weighted by molar-refractivity contribution is 0.415. The Hall–Kier alpha value is -3.15. The van der Waals surface area contributed by atoms with Crippen LogP contribution in [0, 0.1) is 0 Å². The van der Waals surface area contributed by atoms with E-state index in [2.05, 4.69) is 44.9 Å². The summed E-state index contributed by atoms with van der Waals surface area (Å²) < 4.78 is 5.15. The third-order valence-corrected chi connectivity index (χ3v) is 3.57. The minimum absolute atomic E-state index is 0.0873. The third kappa shape index (κ3) is 3.98. The lowest BCUT2D eigenvalue weighted by Crippen LogP contribution is -2.10. The number of hydrogen-bond acceptors (Lipinski definition) is 6. The van der Waals surface area contributed by atoms with Gasteiger partial charge in [-0.2, -0.15) is 10.1 Å². The molecule has 3 aromatic rings. The van der Waals surface area contributed by atoms with Crippen molar-refractivity contribution in [1.29, 1.82) is 0 Å². The molecular formula is C18H19N5O. The van der Waals surface area contributed by atoms with Gasteiger partial charge in [-0.1, -0.05) is 30.3 Å². The summed E-state index contributed by atoms with van der Waals surface area (Å²) in [6, 6.07) is 17.8. The first-order valence-corrected chi connectivity index (χ1v) is 7.67. The van der Waals surface area contributed by atoms with Crippen molar-refractivity contribution in [3.63, 3.8) is 0 Å². The first kappa shape index (κ1) is 15.7. The number of ether oxygens (including phenoxy) is 1. The highest BCUT2D eigenvalue weighted by atomic mass is 16.5. The van der Waals surface area contributed by atoms with Gasteiger partial charge in [0.2, 0.25) is 5.95 Å². The second kappa shape index (κ2) is 7.41. The van der Waals surface area contributed by atoms with Gasteiger partial charge in [0.05, 0.1) is 19.3 Å². The zero-order chi connectivity index (χ0) is 16.8. The minimum Gasteiger partial charge on any atom is -0.497 e. The molecule has 1 aromatic heterocycles. The number of rotatable bonds is 6. The smallest absolute Gasteiger partial charge is 0.245 e. The molecule has 6 heteroatoms. The first-order chi connectivity index (χ1) is 11.7. The zero-order valence-electron chi connectivity index (χ0n) is 13.6. The van der Waals surface area contributed by atoms with E-state index < -0.39 is 0 Å². The molecule has 0 fully saturated rings. The number of aromatic nitrogens is 3. The van der Waals surface area contributed by atoms with E-state index in [0.29, 0.717) is 11.8 Å². The summed E-state index contributed by atoms with van der Waals surface area (Å²) in [5, 5.41) is 14.5. The molecule has 0 spiro atoms. The van der Waals surface area contributed by atoms with Crippen LogP contribution in [0.4, 0.5) is 17.5 Å². The molecule has 2 aromatic carbocycles. The van der Waals surface area contributed by atoms with Crippen LogP contribution in [0.15, 0.2) is 60.8 Å². The molecule has 1 unspecified atom stereocenters. The van der Waals surface area contributed by atoms with E-state index in [1.165, 1.54) is 0 Å². The monoisotopic (exact) mass is 321 g/mol. The zero-order valence-corrected chi connectivity index (χ0v) is 13.6. The van der Waals surface area contributed by atoms with Crippen molar-refractivity contribution in [2.45, 2.75) is 13.0 Å². The molecule has 2 N–H and O–H groups in total. The van der Waals surface area contributed by atoms with Crippen LogP contribution in [0.1, 0.15) is 18.5 Å². The van der Waals surface area contributed by atoms with Crippen LogP contribution in [0.3, 0.4) is 0 Å². The van der Waals surface area contributed by atoms with Crippen LogP contribution in [-0.4, -0.2) is 22.3 Å². The molecule has 0 saturated heterocycles. The van der Waals surface area contributed by atoms with Crippen molar-refractivity contribution < 1.29 is 4.74 Å². The molecule has 1 atom stereocenters. The SMILES string of the molecule is COc1ccc(Nc2cnnc(NC(C)c3ccccc3)n2)cc1. The summed E-state index contributed by atoms with van der Waals surface area (Å²) in [6.07, 6.45) is 1.59. The Morgan fingerprint density at radius 3 is 2.46 bits per heavy atom.